The fourth-order valence-corrected chi connectivity index (χ4v) is 3.76. The maximum Gasteiger partial charge on any atom is 0.150 e. The van der Waals surface area contributed by atoms with Crippen LogP contribution in [0.2, 0.25) is 0 Å². The monoisotopic (exact) mass is 305 g/mol. The van der Waals surface area contributed by atoms with E-state index >= 15 is 0 Å². The van der Waals surface area contributed by atoms with E-state index in [1.54, 1.807) is 25.1 Å². The molecule has 0 aromatic heterocycles. The van der Waals surface area contributed by atoms with E-state index in [0.717, 1.165) is 0 Å². The Morgan fingerprint density at radius 1 is 1.37 bits per heavy atom. The van der Waals surface area contributed by atoms with Gasteiger partial charge in [-0.15, -0.1) is 0 Å². The lowest BCUT2D eigenvalue weighted by Gasteiger charge is -2.08. The van der Waals surface area contributed by atoms with Crippen molar-refractivity contribution in [3.63, 3.8) is 0 Å². The molecule has 5 nitrogen and oxygen atoms in total. The maximum atomic E-state index is 12.1. The van der Waals surface area contributed by atoms with Crippen molar-refractivity contribution < 1.29 is 17.4 Å². The first-order chi connectivity index (χ1) is 8.89. The zero-order valence-corrected chi connectivity index (χ0v) is 12.7. The van der Waals surface area contributed by atoms with Gasteiger partial charge in [0.15, 0.2) is 0 Å². The van der Waals surface area contributed by atoms with E-state index in [1.165, 1.54) is 7.11 Å². The largest absolute Gasteiger partial charge is 0.497 e. The Balaban J connectivity index is 2.68. The van der Waals surface area contributed by atoms with Gasteiger partial charge in [-0.3, -0.25) is 4.21 Å². The third kappa shape index (κ3) is 4.83. The van der Waals surface area contributed by atoms with Crippen LogP contribution in [-0.2, 0) is 20.6 Å². The lowest BCUT2D eigenvalue weighted by atomic mass is 10.3. The van der Waals surface area contributed by atoms with E-state index in [0.29, 0.717) is 22.8 Å². The average molecular weight is 305 g/mol. The molecule has 1 unspecified atom stereocenters. The second-order valence-electron chi connectivity index (χ2n) is 4.04. The van der Waals surface area contributed by atoms with Gasteiger partial charge in [0.25, 0.3) is 0 Å². The average Bonchev–Trinajstić information content (AvgIpc) is 2.39. The molecule has 0 aliphatic heterocycles. The van der Waals surface area contributed by atoms with Crippen molar-refractivity contribution in [3.05, 3.63) is 18.2 Å². The van der Waals surface area contributed by atoms with E-state index in [1.807, 2.05) is 0 Å². The van der Waals surface area contributed by atoms with Gasteiger partial charge in [-0.05, 0) is 24.6 Å². The van der Waals surface area contributed by atoms with Gasteiger partial charge in [-0.1, -0.05) is 6.92 Å². The molecule has 2 N–H and O–H groups in total. The molecule has 0 aliphatic carbocycles. The van der Waals surface area contributed by atoms with Crippen molar-refractivity contribution in [1.82, 2.24) is 0 Å². The van der Waals surface area contributed by atoms with E-state index in [-0.39, 0.29) is 17.3 Å². The van der Waals surface area contributed by atoms with Crippen molar-refractivity contribution in [2.24, 2.45) is 0 Å². The van der Waals surface area contributed by atoms with Crippen molar-refractivity contribution >= 4 is 26.3 Å². The summed E-state index contributed by atoms with van der Waals surface area (Å²) in [6.07, 6.45) is 0.361. The number of sulfone groups is 1. The highest BCUT2D eigenvalue weighted by Crippen LogP contribution is 2.23. The van der Waals surface area contributed by atoms with Gasteiger partial charge in [0, 0.05) is 17.2 Å². The van der Waals surface area contributed by atoms with Crippen LogP contribution in [0.25, 0.3) is 0 Å². The van der Waals surface area contributed by atoms with Crippen LogP contribution in [0.3, 0.4) is 0 Å². The van der Waals surface area contributed by atoms with Crippen molar-refractivity contribution in [1.29, 1.82) is 0 Å². The minimum atomic E-state index is -3.01. The van der Waals surface area contributed by atoms with Crippen molar-refractivity contribution in [3.8, 4) is 5.75 Å². The lowest BCUT2D eigenvalue weighted by molar-refractivity contribution is 0.413. The maximum absolute atomic E-state index is 12.1. The number of nitrogen functional groups attached to an aromatic ring is 1. The van der Waals surface area contributed by atoms with Crippen LogP contribution >= 0.6 is 0 Å². The van der Waals surface area contributed by atoms with Crippen LogP contribution in [0.4, 0.5) is 5.69 Å². The molecule has 1 aromatic carbocycles. The van der Waals surface area contributed by atoms with Gasteiger partial charge in [0.05, 0.1) is 28.6 Å². The predicted molar refractivity (Wildman–Crippen MR) is 77.6 cm³/mol. The number of anilines is 1. The summed E-state index contributed by atoms with van der Waals surface area (Å²) < 4.78 is 39.8. The zero-order valence-electron chi connectivity index (χ0n) is 11.1. The third-order valence-electron chi connectivity index (χ3n) is 2.69. The van der Waals surface area contributed by atoms with Crippen LogP contribution in [0, 0.1) is 0 Å². The number of hydrogen-bond acceptors (Lipinski definition) is 5. The first kappa shape index (κ1) is 16.0. The summed E-state index contributed by atoms with van der Waals surface area (Å²) >= 11 is 0. The highest BCUT2D eigenvalue weighted by atomic mass is 32.2. The molecule has 0 spiro atoms. The van der Waals surface area contributed by atoms with Crippen LogP contribution in [0.15, 0.2) is 23.1 Å². The Bertz CT molecular complexity index is 555. The molecule has 0 saturated heterocycles. The molecular weight excluding hydrogens is 286 g/mol. The van der Waals surface area contributed by atoms with Gasteiger partial charge < -0.3 is 10.5 Å². The van der Waals surface area contributed by atoms with Crippen molar-refractivity contribution in [2.45, 2.75) is 18.2 Å². The van der Waals surface area contributed by atoms with E-state index in [2.05, 4.69) is 0 Å². The van der Waals surface area contributed by atoms with Gasteiger partial charge in [0.1, 0.15) is 15.6 Å². The number of benzene rings is 1. The topological polar surface area (TPSA) is 86.5 Å². The fourth-order valence-electron chi connectivity index (χ4n) is 1.50. The van der Waals surface area contributed by atoms with Crippen LogP contribution in [0.5, 0.6) is 5.75 Å². The number of methoxy groups -OCH3 is 1. The molecule has 0 bridgehead atoms. The SMILES string of the molecule is CCS(=O)(=O)CCCS(=O)c1cc(OC)ccc1N. The third-order valence-corrected chi connectivity index (χ3v) is 5.98. The van der Waals surface area contributed by atoms with Crippen LogP contribution in [-0.4, -0.2) is 37.0 Å². The number of ether oxygens (including phenoxy) is 1. The van der Waals surface area contributed by atoms with Crippen molar-refractivity contribution in [2.75, 3.05) is 30.1 Å². The summed E-state index contributed by atoms with van der Waals surface area (Å²) in [6.45, 7) is 1.60. The normalized spacial score (nSPS) is 13.2. The molecule has 0 amide bonds. The summed E-state index contributed by atoms with van der Waals surface area (Å²) in [6, 6.07) is 4.95. The lowest BCUT2D eigenvalue weighted by Crippen LogP contribution is -2.12. The minimum Gasteiger partial charge on any atom is -0.497 e. The number of rotatable bonds is 7. The van der Waals surface area contributed by atoms with Gasteiger partial charge >= 0.3 is 0 Å². The molecular formula is C12H19NO4S2. The van der Waals surface area contributed by atoms with E-state index in [4.69, 9.17) is 10.5 Å². The zero-order chi connectivity index (χ0) is 14.5. The fraction of sp³-hybridized carbons (Fsp3) is 0.500. The molecule has 0 saturated carbocycles. The molecule has 1 rings (SSSR count). The quantitative estimate of drug-likeness (QED) is 0.765. The highest BCUT2D eigenvalue weighted by Gasteiger charge is 2.12. The Hall–Kier alpha value is -1.08. The summed E-state index contributed by atoms with van der Waals surface area (Å²) in [7, 11) is -2.80. The highest BCUT2D eigenvalue weighted by molar-refractivity contribution is 7.91. The predicted octanol–water partition coefficient (Wildman–Crippen LogP) is 1.21. The minimum absolute atomic E-state index is 0.0547. The Kier molecular flexibility index (Phi) is 5.81. The number of hydrogen-bond donors (Lipinski definition) is 1. The van der Waals surface area contributed by atoms with Gasteiger partial charge in [-0.2, -0.15) is 0 Å². The molecule has 7 heteroatoms. The summed E-state index contributed by atoms with van der Waals surface area (Å²) in [5.74, 6) is 1.02. The smallest absolute Gasteiger partial charge is 0.150 e. The Morgan fingerprint density at radius 3 is 2.63 bits per heavy atom. The second-order valence-corrected chi connectivity index (χ2v) is 8.06. The summed E-state index contributed by atoms with van der Waals surface area (Å²) in [5.41, 5.74) is 6.19. The first-order valence-electron chi connectivity index (χ1n) is 5.92. The Morgan fingerprint density at radius 2 is 2.05 bits per heavy atom. The van der Waals surface area contributed by atoms with E-state index < -0.39 is 20.6 Å². The molecule has 108 valence electrons. The standard InChI is InChI=1S/C12H19NO4S2/c1-3-19(15,16)8-4-7-18(14)12-9-10(17-2)5-6-11(12)13/h5-6,9H,3-4,7-8,13H2,1-2H3. The first-order valence-corrected chi connectivity index (χ1v) is 9.06. The molecule has 0 radical (unpaired) electrons. The molecule has 0 aliphatic rings. The number of nitrogens with two attached hydrogens (primary N) is 1. The van der Waals surface area contributed by atoms with E-state index in [9.17, 15) is 12.6 Å². The van der Waals surface area contributed by atoms with Gasteiger partial charge in [-0.25, -0.2) is 8.42 Å². The molecule has 0 heterocycles. The molecule has 1 atom stereocenters. The molecule has 1 aromatic rings. The summed E-state index contributed by atoms with van der Waals surface area (Å²) in [4.78, 5) is 0.494. The molecule has 0 fully saturated rings. The second kappa shape index (κ2) is 6.91. The Labute approximate surface area is 116 Å². The summed E-state index contributed by atoms with van der Waals surface area (Å²) in [5, 5.41) is 0. The molecule has 19 heavy (non-hydrogen) atoms. The van der Waals surface area contributed by atoms with Crippen LogP contribution < -0.4 is 10.5 Å². The van der Waals surface area contributed by atoms with Crippen LogP contribution in [0.1, 0.15) is 13.3 Å². The van der Waals surface area contributed by atoms with Gasteiger partial charge in [0.2, 0.25) is 0 Å².